The molecule has 0 unspecified atom stereocenters. The van der Waals surface area contributed by atoms with Gasteiger partial charge >= 0.3 is 199 Å². The average molecular weight is 564 g/mol. The van der Waals surface area contributed by atoms with Gasteiger partial charge in [-0.25, -0.2) is 0 Å². The first-order chi connectivity index (χ1) is 13.8. The molecule has 0 radical (unpaired) electrons. The molecule has 0 aliphatic carbocycles. The van der Waals surface area contributed by atoms with Crippen molar-refractivity contribution in [2.75, 3.05) is 7.11 Å². The van der Waals surface area contributed by atoms with E-state index in [0.29, 0.717) is 0 Å². The first-order valence-electron chi connectivity index (χ1n) is 11.7. The van der Waals surface area contributed by atoms with Gasteiger partial charge in [0.15, 0.2) is 0 Å². The Kier molecular flexibility index (Phi) is 11.9. The molecule has 0 aromatic heterocycles. The summed E-state index contributed by atoms with van der Waals surface area (Å²) in [6.07, 6.45) is 1.72. The van der Waals surface area contributed by atoms with Gasteiger partial charge in [-0.1, -0.05) is 0 Å². The maximum atomic E-state index is 13.0. The van der Waals surface area contributed by atoms with Crippen molar-refractivity contribution in [3.63, 3.8) is 0 Å². The number of methoxy groups -OCH3 is 1. The Morgan fingerprint density at radius 1 is 0.968 bits per heavy atom. The molecule has 0 saturated carbocycles. The summed E-state index contributed by atoms with van der Waals surface area (Å²) in [4.78, 5) is 21.6. The van der Waals surface area contributed by atoms with Crippen LogP contribution in [0.2, 0.25) is 33.0 Å². The maximum absolute atomic E-state index is 13.0. The number of hydrogen-bond acceptors (Lipinski definition) is 4. The Balaban J connectivity index is 5.78. The summed E-state index contributed by atoms with van der Waals surface area (Å²) in [6.45, 7) is 23.6. The topological polar surface area (TPSA) is 48.0 Å². The fourth-order valence-electron chi connectivity index (χ4n) is 3.48. The van der Waals surface area contributed by atoms with Crippen LogP contribution in [0.25, 0.3) is 0 Å². The SMILES string of the molecule is CO[C@H]([C@H](C)O[Si](C)(C)C(C)(C)C)[C@@H](C)/C=[C](\OC(=O)N(C(C)C)C(C)C)[Sn]([CH3])([CH3])[CH3]. The molecule has 0 aliphatic heterocycles. The molecule has 0 heterocycles. The van der Waals surface area contributed by atoms with Crippen LogP contribution in [0.5, 0.6) is 0 Å². The molecule has 0 fully saturated rings. The summed E-state index contributed by atoms with van der Waals surface area (Å²) in [5, 5.41) is 0.137. The van der Waals surface area contributed by atoms with Gasteiger partial charge in [-0.3, -0.25) is 0 Å². The Bertz CT molecular complexity index is 598. The number of nitrogens with zero attached hydrogens (tertiary/aromatic N) is 1. The quantitative estimate of drug-likeness (QED) is 0.211. The van der Waals surface area contributed by atoms with E-state index in [-0.39, 0.29) is 41.3 Å². The van der Waals surface area contributed by atoms with Gasteiger partial charge in [-0.05, 0) is 0 Å². The van der Waals surface area contributed by atoms with Crippen LogP contribution in [0.1, 0.15) is 62.3 Å². The van der Waals surface area contributed by atoms with Gasteiger partial charge in [-0.15, -0.1) is 0 Å². The van der Waals surface area contributed by atoms with E-state index in [9.17, 15) is 4.79 Å². The van der Waals surface area contributed by atoms with Crippen molar-refractivity contribution >= 4 is 32.8 Å². The molecule has 0 spiro atoms. The van der Waals surface area contributed by atoms with Crippen LogP contribution >= 0.6 is 0 Å². The van der Waals surface area contributed by atoms with Crippen molar-refractivity contribution in [1.29, 1.82) is 0 Å². The fraction of sp³-hybridized carbons (Fsp3) is 0.875. The minimum atomic E-state index is -2.70. The van der Waals surface area contributed by atoms with E-state index in [0.717, 1.165) is 3.78 Å². The van der Waals surface area contributed by atoms with E-state index in [1.807, 2.05) is 27.7 Å². The monoisotopic (exact) mass is 565 g/mol. The standard InChI is InChI=1S/C21H42NO4Si.3CH3.Sn/c1-15(2)22(16(3)4)20(23)25-14-13-17(5)19(24-10)18(6)26-27(11,12)21(7,8)9;;;;/h13,15-19H,1-12H3;3*1H3;/t17-,18-,19-;;;;/m0..../s1. The van der Waals surface area contributed by atoms with Gasteiger partial charge in [0.25, 0.3) is 0 Å². The normalized spacial score (nSPS) is 17.0. The summed E-state index contributed by atoms with van der Waals surface area (Å²) in [7, 11) is -0.174. The van der Waals surface area contributed by atoms with Crippen LogP contribution in [0.3, 0.4) is 0 Å². The zero-order valence-electron chi connectivity index (χ0n) is 23.0. The van der Waals surface area contributed by atoms with Gasteiger partial charge in [0, 0.05) is 0 Å². The molecule has 3 atom stereocenters. The molecular weight excluding hydrogens is 513 g/mol. The minimum absolute atomic E-state index is 0.0490. The average Bonchev–Trinajstić information content (AvgIpc) is 2.51. The Labute approximate surface area is 198 Å². The number of amides is 1. The summed E-state index contributed by atoms with van der Waals surface area (Å²) in [5.74, 6) is 0.0649. The predicted octanol–water partition coefficient (Wildman–Crippen LogP) is 7.06. The first-order valence-corrected chi connectivity index (χ1v) is 24.6. The van der Waals surface area contributed by atoms with Crippen molar-refractivity contribution in [2.45, 2.75) is 120 Å². The zero-order valence-corrected chi connectivity index (χ0v) is 26.9. The molecule has 31 heavy (non-hydrogen) atoms. The number of rotatable bonds is 10. The zero-order chi connectivity index (χ0) is 24.9. The molecule has 0 bridgehead atoms. The van der Waals surface area contributed by atoms with Crippen molar-refractivity contribution in [1.82, 2.24) is 4.90 Å². The van der Waals surface area contributed by atoms with Crippen molar-refractivity contribution in [3.8, 4) is 0 Å². The van der Waals surface area contributed by atoms with Crippen LogP contribution in [0, 0.1) is 5.92 Å². The number of ether oxygens (including phenoxy) is 2. The predicted molar refractivity (Wildman–Crippen MR) is 138 cm³/mol. The van der Waals surface area contributed by atoms with Gasteiger partial charge < -0.3 is 0 Å². The third-order valence-electron chi connectivity index (χ3n) is 6.21. The molecule has 0 rings (SSSR count). The molecule has 0 saturated heterocycles. The van der Waals surface area contributed by atoms with E-state index in [4.69, 9.17) is 13.9 Å². The third-order valence-corrected chi connectivity index (χ3v) is 15.8. The number of carbonyl (C=O) groups is 1. The van der Waals surface area contributed by atoms with E-state index in [1.54, 1.807) is 12.0 Å². The second kappa shape index (κ2) is 11.9. The number of carbonyl (C=O) groups excluding carboxylic acids is 1. The molecule has 0 aliphatic rings. The van der Waals surface area contributed by atoms with Crippen LogP contribution < -0.4 is 0 Å². The van der Waals surface area contributed by atoms with Gasteiger partial charge in [0.05, 0.1) is 0 Å². The molecule has 0 N–H and O–H groups in total. The van der Waals surface area contributed by atoms with Crippen molar-refractivity contribution in [3.05, 3.63) is 9.85 Å². The van der Waals surface area contributed by atoms with Crippen LogP contribution in [-0.4, -0.2) is 69.1 Å². The first kappa shape index (κ1) is 30.9. The summed E-state index contributed by atoms with van der Waals surface area (Å²) in [5.41, 5.74) is 0. The van der Waals surface area contributed by atoms with E-state index >= 15 is 0 Å². The van der Waals surface area contributed by atoms with E-state index in [2.05, 4.69) is 68.6 Å². The molecule has 5 nitrogen and oxygen atoms in total. The molecule has 1 amide bonds. The van der Waals surface area contributed by atoms with E-state index < -0.39 is 26.7 Å². The third kappa shape index (κ3) is 9.37. The molecular formula is C24H51NO4SiSn. The van der Waals surface area contributed by atoms with Gasteiger partial charge in [0.2, 0.25) is 0 Å². The van der Waals surface area contributed by atoms with Gasteiger partial charge in [-0.2, -0.15) is 0 Å². The Hall–Kier alpha value is -0.0544. The molecule has 0 aromatic rings. The van der Waals surface area contributed by atoms with Crippen molar-refractivity contribution < 1.29 is 18.7 Å². The van der Waals surface area contributed by atoms with Crippen LogP contribution in [0.15, 0.2) is 9.85 Å². The Morgan fingerprint density at radius 3 is 1.74 bits per heavy atom. The summed E-state index contributed by atoms with van der Waals surface area (Å²) >= 11 is -2.70. The van der Waals surface area contributed by atoms with Crippen LogP contribution in [0.4, 0.5) is 4.79 Å². The van der Waals surface area contributed by atoms with Gasteiger partial charge in [0.1, 0.15) is 0 Å². The second-order valence-corrected chi connectivity index (χ2v) is 30.9. The molecule has 0 aromatic carbocycles. The van der Waals surface area contributed by atoms with Crippen molar-refractivity contribution in [2.24, 2.45) is 5.92 Å². The molecule has 184 valence electrons. The van der Waals surface area contributed by atoms with E-state index in [1.165, 1.54) is 0 Å². The number of hydrogen-bond donors (Lipinski definition) is 0. The summed E-state index contributed by atoms with van der Waals surface area (Å²) < 4.78 is 19.4. The Morgan fingerprint density at radius 2 is 1.42 bits per heavy atom. The molecule has 7 heteroatoms. The second-order valence-electron chi connectivity index (χ2n) is 11.9. The fourth-order valence-corrected chi connectivity index (χ4v) is 8.20. The van der Waals surface area contributed by atoms with Crippen LogP contribution in [-0.2, 0) is 13.9 Å². The summed E-state index contributed by atoms with van der Waals surface area (Å²) in [6, 6.07) is 0.178.